The largest absolute Gasteiger partial charge is 0.492 e. The van der Waals surface area contributed by atoms with E-state index in [0.717, 1.165) is 51.4 Å². The van der Waals surface area contributed by atoms with Gasteiger partial charge in [0.2, 0.25) is 0 Å². The molecule has 4 nitrogen and oxygen atoms in total. The highest BCUT2D eigenvalue weighted by Gasteiger charge is 2.17. The number of ether oxygens (including phenoxy) is 1. The summed E-state index contributed by atoms with van der Waals surface area (Å²) in [5.41, 5.74) is 3.05. The van der Waals surface area contributed by atoms with E-state index < -0.39 is 0 Å². The molecule has 0 bridgehead atoms. The van der Waals surface area contributed by atoms with Gasteiger partial charge in [-0.2, -0.15) is 0 Å². The normalized spacial score (nSPS) is 14.4. The van der Waals surface area contributed by atoms with Crippen molar-refractivity contribution in [3.8, 4) is 5.75 Å². The number of carbonyl (C=O) groups is 1. The quantitative estimate of drug-likeness (QED) is 0.485. The molecule has 0 aromatic heterocycles. The summed E-state index contributed by atoms with van der Waals surface area (Å²) >= 11 is 0. The number of aryl methyl sites for hydroxylation is 2. The Hall–Kier alpha value is -1.66. The highest BCUT2D eigenvalue weighted by atomic mass is 35.5. The van der Waals surface area contributed by atoms with Gasteiger partial charge in [-0.05, 0) is 74.3 Å². The van der Waals surface area contributed by atoms with Gasteiger partial charge in [0, 0.05) is 44.7 Å². The third-order valence-electron chi connectivity index (χ3n) is 5.38. The van der Waals surface area contributed by atoms with Crippen LogP contribution in [0.2, 0.25) is 0 Å². The zero-order valence-electron chi connectivity index (χ0n) is 18.3. The minimum Gasteiger partial charge on any atom is -0.492 e. The number of halogens is 3. The van der Waals surface area contributed by atoms with E-state index in [4.69, 9.17) is 4.74 Å². The SMILES string of the molecule is Cc1cc(C)cc(OCCN2CCN(CCCC(=O)c3ccc(F)cc3)CC2)c1.Cl.Cl. The molecule has 1 aliphatic heterocycles. The van der Waals surface area contributed by atoms with Crippen LogP contribution in [0.5, 0.6) is 5.75 Å². The summed E-state index contributed by atoms with van der Waals surface area (Å²) in [6, 6.07) is 12.1. The number of hydrogen-bond acceptors (Lipinski definition) is 4. The first kappa shape index (κ1) is 27.4. The van der Waals surface area contributed by atoms with Crippen molar-refractivity contribution in [3.05, 3.63) is 65.0 Å². The Labute approximate surface area is 197 Å². The van der Waals surface area contributed by atoms with Crippen LogP contribution in [0.1, 0.15) is 34.3 Å². The molecule has 0 atom stereocenters. The summed E-state index contributed by atoms with van der Waals surface area (Å²) in [6.07, 6.45) is 1.35. The van der Waals surface area contributed by atoms with Gasteiger partial charge in [-0.15, -0.1) is 24.8 Å². The highest BCUT2D eigenvalue weighted by Crippen LogP contribution is 2.16. The zero-order chi connectivity index (χ0) is 20.6. The molecule has 2 aromatic rings. The van der Waals surface area contributed by atoms with Crippen LogP contribution in [-0.2, 0) is 0 Å². The summed E-state index contributed by atoms with van der Waals surface area (Å²) in [5, 5.41) is 0. The zero-order valence-corrected chi connectivity index (χ0v) is 19.9. The summed E-state index contributed by atoms with van der Waals surface area (Å²) in [6.45, 7) is 10.9. The molecule has 2 aromatic carbocycles. The Morgan fingerprint density at radius 2 is 1.45 bits per heavy atom. The third-order valence-corrected chi connectivity index (χ3v) is 5.38. The first-order valence-corrected chi connectivity index (χ1v) is 10.4. The van der Waals surface area contributed by atoms with Crippen LogP contribution in [0.3, 0.4) is 0 Å². The number of carbonyl (C=O) groups excluding carboxylic acids is 1. The lowest BCUT2D eigenvalue weighted by molar-refractivity contribution is 0.0953. The molecule has 0 N–H and O–H groups in total. The summed E-state index contributed by atoms with van der Waals surface area (Å²) < 4.78 is 18.9. The van der Waals surface area contributed by atoms with Gasteiger partial charge < -0.3 is 9.64 Å². The second-order valence-corrected chi connectivity index (χ2v) is 7.89. The fraction of sp³-hybridized carbons (Fsp3) is 0.458. The summed E-state index contributed by atoms with van der Waals surface area (Å²) in [4.78, 5) is 17.0. The number of nitrogens with zero attached hydrogens (tertiary/aromatic N) is 2. The Kier molecular flexibility index (Phi) is 12.1. The maximum Gasteiger partial charge on any atom is 0.162 e. The number of ketones is 1. The fourth-order valence-corrected chi connectivity index (χ4v) is 3.79. The van der Waals surface area contributed by atoms with E-state index in [-0.39, 0.29) is 36.4 Å². The van der Waals surface area contributed by atoms with Crippen molar-refractivity contribution in [1.82, 2.24) is 9.80 Å². The van der Waals surface area contributed by atoms with E-state index in [2.05, 4.69) is 41.8 Å². The second kappa shape index (κ2) is 13.7. The lowest BCUT2D eigenvalue weighted by Gasteiger charge is -2.34. The van der Waals surface area contributed by atoms with E-state index >= 15 is 0 Å². The van der Waals surface area contributed by atoms with E-state index in [1.165, 1.54) is 23.3 Å². The third kappa shape index (κ3) is 9.16. The van der Waals surface area contributed by atoms with Crippen molar-refractivity contribution in [2.75, 3.05) is 45.9 Å². The van der Waals surface area contributed by atoms with Crippen molar-refractivity contribution in [1.29, 1.82) is 0 Å². The van der Waals surface area contributed by atoms with Crippen LogP contribution in [0, 0.1) is 19.7 Å². The molecule has 7 heteroatoms. The minimum absolute atomic E-state index is 0. The summed E-state index contributed by atoms with van der Waals surface area (Å²) in [7, 11) is 0. The van der Waals surface area contributed by atoms with E-state index in [9.17, 15) is 9.18 Å². The van der Waals surface area contributed by atoms with Crippen LogP contribution >= 0.6 is 24.8 Å². The second-order valence-electron chi connectivity index (χ2n) is 7.89. The number of piperazine rings is 1. The molecule has 0 radical (unpaired) electrons. The van der Waals surface area contributed by atoms with Gasteiger partial charge in [0.05, 0.1) is 0 Å². The Bertz CT molecular complexity index is 789. The maximum atomic E-state index is 12.9. The lowest BCUT2D eigenvalue weighted by atomic mass is 10.1. The lowest BCUT2D eigenvalue weighted by Crippen LogP contribution is -2.47. The molecule has 1 aliphatic rings. The molecule has 172 valence electrons. The van der Waals surface area contributed by atoms with Gasteiger partial charge in [-0.3, -0.25) is 9.69 Å². The van der Waals surface area contributed by atoms with Crippen molar-refractivity contribution < 1.29 is 13.9 Å². The van der Waals surface area contributed by atoms with Crippen LogP contribution in [0.15, 0.2) is 42.5 Å². The number of Topliss-reactive ketones (excluding diaryl/α,β-unsaturated/α-hetero) is 1. The highest BCUT2D eigenvalue weighted by molar-refractivity contribution is 5.95. The predicted molar refractivity (Wildman–Crippen MR) is 129 cm³/mol. The summed E-state index contributed by atoms with van der Waals surface area (Å²) in [5.74, 6) is 0.734. The number of benzene rings is 2. The Morgan fingerprint density at radius 3 is 2.03 bits per heavy atom. The average molecular weight is 471 g/mol. The molecule has 0 saturated carbocycles. The molecule has 1 saturated heterocycles. The van der Waals surface area contributed by atoms with Crippen molar-refractivity contribution >= 4 is 30.6 Å². The Balaban J connectivity index is 0.00000240. The fourth-order valence-electron chi connectivity index (χ4n) is 3.79. The van der Waals surface area contributed by atoms with Crippen molar-refractivity contribution in [3.63, 3.8) is 0 Å². The molecular formula is C24H33Cl2FN2O2. The molecule has 1 heterocycles. The van der Waals surface area contributed by atoms with Gasteiger partial charge in [0.25, 0.3) is 0 Å². The van der Waals surface area contributed by atoms with Crippen LogP contribution in [0.25, 0.3) is 0 Å². The topological polar surface area (TPSA) is 32.8 Å². The van der Waals surface area contributed by atoms with Gasteiger partial charge in [0.1, 0.15) is 18.2 Å². The smallest absolute Gasteiger partial charge is 0.162 e. The maximum absolute atomic E-state index is 12.9. The van der Waals surface area contributed by atoms with E-state index in [1.807, 2.05) is 0 Å². The van der Waals surface area contributed by atoms with Gasteiger partial charge in [-0.1, -0.05) is 6.07 Å². The average Bonchev–Trinajstić information content (AvgIpc) is 2.69. The number of hydrogen-bond donors (Lipinski definition) is 0. The van der Waals surface area contributed by atoms with Gasteiger partial charge >= 0.3 is 0 Å². The molecule has 0 amide bonds. The molecule has 0 spiro atoms. The first-order valence-electron chi connectivity index (χ1n) is 10.4. The monoisotopic (exact) mass is 470 g/mol. The first-order chi connectivity index (χ1) is 14.0. The predicted octanol–water partition coefficient (Wildman–Crippen LogP) is 4.95. The molecule has 0 unspecified atom stereocenters. The van der Waals surface area contributed by atoms with Crippen LogP contribution in [0.4, 0.5) is 4.39 Å². The van der Waals surface area contributed by atoms with Crippen molar-refractivity contribution in [2.45, 2.75) is 26.7 Å². The number of rotatable bonds is 9. The van der Waals surface area contributed by atoms with Crippen LogP contribution < -0.4 is 4.74 Å². The van der Waals surface area contributed by atoms with Crippen LogP contribution in [-0.4, -0.2) is 61.5 Å². The van der Waals surface area contributed by atoms with Gasteiger partial charge in [0.15, 0.2) is 5.78 Å². The molecule has 31 heavy (non-hydrogen) atoms. The minimum atomic E-state index is -0.307. The standard InChI is InChI=1S/C24H31FN2O2.2ClH/c1-19-16-20(2)18-23(17-19)29-15-14-27-12-10-26(11-13-27)9-3-4-24(28)21-5-7-22(25)8-6-21;;/h5-8,16-18H,3-4,9-15H2,1-2H3;2*1H. The molecule has 3 rings (SSSR count). The van der Waals surface area contributed by atoms with Gasteiger partial charge in [-0.25, -0.2) is 4.39 Å². The molecule has 0 aliphatic carbocycles. The Morgan fingerprint density at radius 1 is 0.903 bits per heavy atom. The van der Waals surface area contributed by atoms with E-state index in [1.54, 1.807) is 12.1 Å². The van der Waals surface area contributed by atoms with E-state index in [0.29, 0.717) is 18.6 Å². The molecular weight excluding hydrogens is 438 g/mol. The molecule has 1 fully saturated rings. The van der Waals surface area contributed by atoms with Crippen molar-refractivity contribution in [2.24, 2.45) is 0 Å².